The predicted molar refractivity (Wildman–Crippen MR) is 70.1 cm³/mol. The summed E-state index contributed by atoms with van der Waals surface area (Å²) in [6.45, 7) is 6.18. The Kier molecular flexibility index (Phi) is 5.86. The van der Waals surface area contributed by atoms with Crippen LogP contribution in [-0.4, -0.2) is 45.6 Å². The van der Waals surface area contributed by atoms with Gasteiger partial charge in [-0.05, 0) is 19.3 Å². The number of ether oxygens (including phenoxy) is 2. The minimum atomic E-state index is 0.223. The summed E-state index contributed by atoms with van der Waals surface area (Å²) in [5.41, 5.74) is 6.27. The van der Waals surface area contributed by atoms with Gasteiger partial charge in [0, 0.05) is 44.9 Å². The predicted octanol–water partition coefficient (Wildman–Crippen LogP) is 1.14. The van der Waals surface area contributed by atoms with E-state index in [1.165, 1.54) is 0 Å². The van der Waals surface area contributed by atoms with E-state index in [1.807, 2.05) is 0 Å². The van der Waals surface area contributed by atoms with Crippen LogP contribution in [0.4, 0.5) is 0 Å². The van der Waals surface area contributed by atoms with E-state index in [-0.39, 0.29) is 11.5 Å². The third-order valence-electron chi connectivity index (χ3n) is 4.01. The van der Waals surface area contributed by atoms with Crippen molar-refractivity contribution >= 4 is 0 Å². The average molecular weight is 244 g/mol. The van der Waals surface area contributed by atoms with Gasteiger partial charge in [0.2, 0.25) is 0 Å². The molecule has 3 atom stereocenters. The largest absolute Gasteiger partial charge is 0.385 e. The molecule has 4 nitrogen and oxygen atoms in total. The third-order valence-corrected chi connectivity index (χ3v) is 4.01. The van der Waals surface area contributed by atoms with Crippen molar-refractivity contribution in [2.24, 2.45) is 11.1 Å². The molecule has 3 N–H and O–H groups in total. The van der Waals surface area contributed by atoms with Crippen molar-refractivity contribution in [3.63, 3.8) is 0 Å². The summed E-state index contributed by atoms with van der Waals surface area (Å²) in [5, 5.41) is 3.55. The van der Waals surface area contributed by atoms with Crippen LogP contribution in [-0.2, 0) is 9.47 Å². The maximum atomic E-state index is 6.05. The summed E-state index contributed by atoms with van der Waals surface area (Å²) in [6.07, 6.45) is 3.52. The molecule has 4 heteroatoms. The van der Waals surface area contributed by atoms with Crippen molar-refractivity contribution in [3.05, 3.63) is 0 Å². The Hall–Kier alpha value is -0.160. The maximum Gasteiger partial charge on any atom is 0.0652 e. The lowest BCUT2D eigenvalue weighted by atomic mass is 9.64. The van der Waals surface area contributed by atoms with Crippen molar-refractivity contribution in [2.45, 2.75) is 51.3 Å². The van der Waals surface area contributed by atoms with E-state index in [9.17, 15) is 0 Å². The van der Waals surface area contributed by atoms with Gasteiger partial charge in [0.25, 0.3) is 0 Å². The molecule has 0 aromatic heterocycles. The lowest BCUT2D eigenvalue weighted by Crippen LogP contribution is -2.61. The van der Waals surface area contributed by atoms with Crippen LogP contribution in [0.3, 0.4) is 0 Å². The fourth-order valence-corrected chi connectivity index (χ4v) is 2.52. The van der Waals surface area contributed by atoms with E-state index in [0.29, 0.717) is 12.1 Å². The number of hydrogen-bond donors (Lipinski definition) is 2. The summed E-state index contributed by atoms with van der Waals surface area (Å²) in [4.78, 5) is 0. The van der Waals surface area contributed by atoms with Gasteiger partial charge < -0.3 is 20.5 Å². The Morgan fingerprint density at radius 3 is 2.65 bits per heavy atom. The van der Waals surface area contributed by atoms with Crippen LogP contribution in [0.25, 0.3) is 0 Å². The molecule has 0 radical (unpaired) electrons. The van der Waals surface area contributed by atoms with Crippen LogP contribution in [0.5, 0.6) is 0 Å². The van der Waals surface area contributed by atoms with Gasteiger partial charge in [0.15, 0.2) is 0 Å². The van der Waals surface area contributed by atoms with E-state index < -0.39 is 0 Å². The van der Waals surface area contributed by atoms with Crippen LogP contribution in [0.15, 0.2) is 0 Å². The molecular formula is C13H28N2O2. The second kappa shape index (κ2) is 6.69. The fourth-order valence-electron chi connectivity index (χ4n) is 2.52. The van der Waals surface area contributed by atoms with Gasteiger partial charge in [0.05, 0.1) is 6.10 Å². The highest BCUT2D eigenvalue weighted by molar-refractivity contribution is 5.02. The van der Waals surface area contributed by atoms with Gasteiger partial charge in [-0.15, -0.1) is 0 Å². The molecule has 102 valence electrons. The van der Waals surface area contributed by atoms with Gasteiger partial charge in [-0.1, -0.05) is 13.8 Å². The van der Waals surface area contributed by atoms with Gasteiger partial charge >= 0.3 is 0 Å². The van der Waals surface area contributed by atoms with E-state index in [0.717, 1.165) is 32.4 Å². The molecule has 0 aromatic rings. The monoisotopic (exact) mass is 244 g/mol. The second-order valence-electron chi connectivity index (χ2n) is 5.64. The SMILES string of the molecule is COCCCC(N)CNC1CC(OC)C1(C)C. The quantitative estimate of drug-likeness (QED) is 0.629. The molecule has 1 aliphatic rings. The highest BCUT2D eigenvalue weighted by Gasteiger charge is 2.48. The van der Waals surface area contributed by atoms with E-state index >= 15 is 0 Å². The fraction of sp³-hybridized carbons (Fsp3) is 1.00. The zero-order chi connectivity index (χ0) is 12.9. The van der Waals surface area contributed by atoms with E-state index in [4.69, 9.17) is 15.2 Å². The van der Waals surface area contributed by atoms with Crippen molar-refractivity contribution in [1.29, 1.82) is 0 Å². The molecule has 1 aliphatic carbocycles. The first kappa shape index (κ1) is 14.9. The topological polar surface area (TPSA) is 56.5 Å². The molecule has 0 spiro atoms. The highest BCUT2D eigenvalue weighted by Crippen LogP contribution is 2.42. The molecule has 1 rings (SSSR count). The molecular weight excluding hydrogens is 216 g/mol. The number of rotatable bonds is 8. The summed E-state index contributed by atoms with van der Waals surface area (Å²) in [6, 6.07) is 0.753. The number of nitrogens with two attached hydrogens (primary N) is 1. The summed E-state index contributed by atoms with van der Waals surface area (Å²) in [5.74, 6) is 0. The van der Waals surface area contributed by atoms with Crippen LogP contribution in [0, 0.1) is 5.41 Å². The molecule has 0 saturated heterocycles. The minimum Gasteiger partial charge on any atom is -0.385 e. The molecule has 0 bridgehead atoms. The number of hydrogen-bond acceptors (Lipinski definition) is 4. The van der Waals surface area contributed by atoms with E-state index in [2.05, 4.69) is 19.2 Å². The van der Waals surface area contributed by atoms with Crippen LogP contribution >= 0.6 is 0 Å². The number of methoxy groups -OCH3 is 2. The Bertz CT molecular complexity index is 221. The molecule has 1 saturated carbocycles. The van der Waals surface area contributed by atoms with Crippen LogP contribution in [0.2, 0.25) is 0 Å². The van der Waals surface area contributed by atoms with Crippen molar-refractivity contribution in [3.8, 4) is 0 Å². The first-order chi connectivity index (χ1) is 8.02. The molecule has 0 heterocycles. The molecule has 0 aromatic carbocycles. The summed E-state index contributed by atoms with van der Waals surface area (Å²) < 4.78 is 10.4. The Morgan fingerprint density at radius 1 is 1.41 bits per heavy atom. The maximum absolute atomic E-state index is 6.05. The van der Waals surface area contributed by atoms with Crippen molar-refractivity contribution < 1.29 is 9.47 Å². The zero-order valence-electron chi connectivity index (χ0n) is 11.7. The third kappa shape index (κ3) is 3.91. The molecule has 1 fully saturated rings. The molecule has 0 amide bonds. The Labute approximate surface area is 105 Å². The van der Waals surface area contributed by atoms with E-state index in [1.54, 1.807) is 14.2 Å². The lowest BCUT2D eigenvalue weighted by Gasteiger charge is -2.51. The summed E-state index contributed by atoms with van der Waals surface area (Å²) >= 11 is 0. The van der Waals surface area contributed by atoms with Gasteiger partial charge in [-0.2, -0.15) is 0 Å². The van der Waals surface area contributed by atoms with Crippen LogP contribution in [0.1, 0.15) is 33.1 Å². The van der Waals surface area contributed by atoms with Gasteiger partial charge in [-0.3, -0.25) is 0 Å². The van der Waals surface area contributed by atoms with Gasteiger partial charge in [-0.25, -0.2) is 0 Å². The highest BCUT2D eigenvalue weighted by atomic mass is 16.5. The average Bonchev–Trinajstić information content (AvgIpc) is 2.28. The number of nitrogens with one attached hydrogen (secondary N) is 1. The molecule has 3 unspecified atom stereocenters. The molecule has 0 aliphatic heterocycles. The van der Waals surface area contributed by atoms with Gasteiger partial charge in [0.1, 0.15) is 0 Å². The first-order valence-corrected chi connectivity index (χ1v) is 6.53. The second-order valence-corrected chi connectivity index (χ2v) is 5.64. The first-order valence-electron chi connectivity index (χ1n) is 6.53. The lowest BCUT2D eigenvalue weighted by molar-refractivity contribution is -0.0975. The standard InChI is InChI=1S/C13H28N2O2/c1-13(2)11(8-12(13)17-4)15-9-10(14)6-5-7-16-3/h10-12,15H,5-9,14H2,1-4H3. The smallest absolute Gasteiger partial charge is 0.0652 e. The van der Waals surface area contributed by atoms with Crippen molar-refractivity contribution in [1.82, 2.24) is 5.32 Å². The normalized spacial score (nSPS) is 28.8. The minimum absolute atomic E-state index is 0.223. The zero-order valence-corrected chi connectivity index (χ0v) is 11.7. The Balaban J connectivity index is 2.15. The Morgan fingerprint density at radius 2 is 2.12 bits per heavy atom. The molecule has 17 heavy (non-hydrogen) atoms. The van der Waals surface area contributed by atoms with Crippen LogP contribution < -0.4 is 11.1 Å². The summed E-state index contributed by atoms with van der Waals surface area (Å²) in [7, 11) is 3.52. The van der Waals surface area contributed by atoms with Crippen molar-refractivity contribution in [2.75, 3.05) is 27.4 Å².